The van der Waals surface area contributed by atoms with Crippen LogP contribution in [0.1, 0.15) is 42.8 Å². The lowest BCUT2D eigenvalue weighted by Gasteiger charge is -2.21. The fraction of sp³-hybridized carbons (Fsp3) is 0.500. The van der Waals surface area contributed by atoms with Crippen LogP contribution in [0, 0.1) is 6.92 Å². The molecule has 0 amide bonds. The molecule has 0 saturated carbocycles. The maximum Gasteiger partial charge on any atom is 0.346 e. The van der Waals surface area contributed by atoms with E-state index in [1.54, 1.807) is 4.68 Å². The van der Waals surface area contributed by atoms with E-state index < -0.39 is 0 Å². The van der Waals surface area contributed by atoms with Gasteiger partial charge in [0.05, 0.1) is 12.2 Å². The van der Waals surface area contributed by atoms with E-state index in [0.717, 1.165) is 48.7 Å². The van der Waals surface area contributed by atoms with E-state index in [-0.39, 0.29) is 18.1 Å². The Morgan fingerprint density at radius 3 is 2.77 bits per heavy atom. The Morgan fingerprint density at radius 2 is 2.08 bits per heavy atom. The van der Waals surface area contributed by atoms with E-state index in [9.17, 15) is 4.79 Å². The Labute approximate surface area is 158 Å². The molecule has 3 aromatic heterocycles. The normalized spacial score (nSPS) is 15.3. The van der Waals surface area contributed by atoms with Crippen LogP contribution in [0.25, 0.3) is 5.65 Å². The van der Waals surface area contributed by atoms with Crippen molar-refractivity contribution in [2.45, 2.75) is 45.7 Å². The lowest BCUT2D eigenvalue weighted by molar-refractivity contribution is 0.429. The van der Waals surface area contributed by atoms with Gasteiger partial charge in [-0.05, 0) is 51.4 Å². The number of aryl methyl sites for hydroxylation is 1. The molecular weight excluding hydrogens is 352 g/mol. The standard InChI is InChI=1S/C18H24N6O.ClH/c1-3-23-17(14-6-8-19-9-7-14)21-24(18(23)25)12-15-11-22-10-4-5-13(2)16(22)20-15;/h4-5,10-11,14,19H,3,6-9,12H2,1-2H3;1H. The van der Waals surface area contributed by atoms with Gasteiger partial charge in [0.1, 0.15) is 11.5 Å². The van der Waals surface area contributed by atoms with Crippen LogP contribution in [-0.4, -0.2) is 36.8 Å². The quantitative estimate of drug-likeness (QED) is 0.755. The van der Waals surface area contributed by atoms with Crippen molar-refractivity contribution in [3.63, 3.8) is 0 Å². The van der Waals surface area contributed by atoms with Crippen LogP contribution >= 0.6 is 12.4 Å². The van der Waals surface area contributed by atoms with Crippen LogP contribution in [0.3, 0.4) is 0 Å². The van der Waals surface area contributed by atoms with Gasteiger partial charge in [-0.3, -0.25) is 4.57 Å². The second-order valence-electron chi connectivity index (χ2n) is 6.72. The number of aromatic nitrogens is 5. The molecule has 26 heavy (non-hydrogen) atoms. The van der Waals surface area contributed by atoms with Gasteiger partial charge in [-0.1, -0.05) is 6.07 Å². The fourth-order valence-electron chi connectivity index (χ4n) is 3.67. The first kappa shape index (κ1) is 18.7. The van der Waals surface area contributed by atoms with Crippen LogP contribution < -0.4 is 11.0 Å². The summed E-state index contributed by atoms with van der Waals surface area (Å²) in [6, 6.07) is 4.04. The zero-order valence-corrected chi connectivity index (χ0v) is 16.0. The van der Waals surface area contributed by atoms with Crippen LogP contribution in [-0.2, 0) is 13.1 Å². The van der Waals surface area contributed by atoms with Crippen molar-refractivity contribution in [1.29, 1.82) is 0 Å². The smallest absolute Gasteiger partial charge is 0.317 e. The molecule has 0 radical (unpaired) electrons. The van der Waals surface area contributed by atoms with Crippen LogP contribution in [0.15, 0.2) is 29.3 Å². The number of nitrogens with one attached hydrogen (secondary N) is 1. The van der Waals surface area contributed by atoms with Crippen molar-refractivity contribution in [1.82, 2.24) is 29.0 Å². The largest absolute Gasteiger partial charge is 0.346 e. The minimum Gasteiger partial charge on any atom is -0.317 e. The molecule has 8 heteroatoms. The minimum atomic E-state index is -0.0372. The molecule has 0 aliphatic carbocycles. The molecule has 0 bridgehead atoms. The highest BCUT2D eigenvalue weighted by atomic mass is 35.5. The van der Waals surface area contributed by atoms with Gasteiger partial charge in [-0.15, -0.1) is 12.4 Å². The topological polar surface area (TPSA) is 69.2 Å². The molecule has 4 heterocycles. The van der Waals surface area contributed by atoms with Gasteiger partial charge in [-0.2, -0.15) is 5.10 Å². The van der Waals surface area contributed by atoms with Gasteiger partial charge < -0.3 is 9.72 Å². The third-order valence-electron chi connectivity index (χ3n) is 5.01. The van der Waals surface area contributed by atoms with Gasteiger partial charge >= 0.3 is 5.69 Å². The van der Waals surface area contributed by atoms with E-state index in [1.165, 1.54) is 0 Å². The highest BCUT2D eigenvalue weighted by Gasteiger charge is 2.23. The average molecular weight is 377 g/mol. The second-order valence-corrected chi connectivity index (χ2v) is 6.72. The van der Waals surface area contributed by atoms with Gasteiger partial charge in [0.25, 0.3) is 0 Å². The molecule has 4 rings (SSSR count). The lowest BCUT2D eigenvalue weighted by atomic mass is 9.97. The third kappa shape index (κ3) is 3.29. The summed E-state index contributed by atoms with van der Waals surface area (Å²) in [6.07, 6.45) is 6.02. The van der Waals surface area contributed by atoms with E-state index in [0.29, 0.717) is 19.0 Å². The summed E-state index contributed by atoms with van der Waals surface area (Å²) in [6.45, 7) is 7.08. The van der Waals surface area contributed by atoms with Gasteiger partial charge in [0.15, 0.2) is 0 Å². The molecule has 1 saturated heterocycles. The number of pyridine rings is 1. The summed E-state index contributed by atoms with van der Waals surface area (Å²) >= 11 is 0. The molecule has 7 nitrogen and oxygen atoms in total. The summed E-state index contributed by atoms with van der Waals surface area (Å²) in [4.78, 5) is 17.4. The Kier molecular flexibility index (Phi) is 5.48. The van der Waals surface area contributed by atoms with Crippen molar-refractivity contribution in [2.75, 3.05) is 13.1 Å². The third-order valence-corrected chi connectivity index (χ3v) is 5.01. The summed E-state index contributed by atoms with van der Waals surface area (Å²) in [5, 5.41) is 8.05. The van der Waals surface area contributed by atoms with Crippen molar-refractivity contribution in [3.8, 4) is 0 Å². The molecule has 1 N–H and O–H groups in total. The summed E-state index contributed by atoms with van der Waals surface area (Å²) in [5.74, 6) is 1.28. The average Bonchev–Trinajstić information content (AvgIpc) is 3.18. The number of fused-ring (bicyclic) bond motifs is 1. The highest BCUT2D eigenvalue weighted by molar-refractivity contribution is 5.85. The molecule has 1 fully saturated rings. The molecule has 1 aliphatic heterocycles. The molecular formula is C18H25ClN6O. The predicted octanol–water partition coefficient (Wildman–Crippen LogP) is 1.96. The SMILES string of the molecule is CCn1c(C2CCNCC2)nn(Cc2cn3cccc(C)c3n2)c1=O.Cl. The molecule has 0 spiro atoms. The number of piperidine rings is 1. The second kappa shape index (κ2) is 7.63. The maximum atomic E-state index is 12.8. The van der Waals surface area contributed by atoms with Crippen LogP contribution in [0.5, 0.6) is 0 Å². The number of rotatable bonds is 4. The van der Waals surface area contributed by atoms with Crippen molar-refractivity contribution in [3.05, 3.63) is 52.1 Å². The van der Waals surface area contributed by atoms with Crippen molar-refractivity contribution < 1.29 is 0 Å². The summed E-state index contributed by atoms with van der Waals surface area (Å²) < 4.78 is 5.38. The Balaban J connectivity index is 0.00000196. The number of nitrogens with zero attached hydrogens (tertiary/aromatic N) is 5. The first-order valence-electron chi connectivity index (χ1n) is 8.99. The fourth-order valence-corrected chi connectivity index (χ4v) is 3.67. The number of halogens is 1. The van der Waals surface area contributed by atoms with E-state index >= 15 is 0 Å². The van der Waals surface area contributed by atoms with Crippen LogP contribution in [0.4, 0.5) is 0 Å². The van der Waals surface area contributed by atoms with Gasteiger partial charge in [-0.25, -0.2) is 14.5 Å². The Bertz CT molecular complexity index is 950. The van der Waals surface area contributed by atoms with E-state index in [4.69, 9.17) is 0 Å². The zero-order chi connectivity index (χ0) is 17.4. The first-order chi connectivity index (χ1) is 12.2. The van der Waals surface area contributed by atoms with Crippen molar-refractivity contribution >= 4 is 18.1 Å². The summed E-state index contributed by atoms with van der Waals surface area (Å²) in [7, 11) is 0. The van der Waals surface area contributed by atoms with Crippen LogP contribution in [0.2, 0.25) is 0 Å². The van der Waals surface area contributed by atoms with Gasteiger partial charge in [0, 0.05) is 24.9 Å². The zero-order valence-electron chi connectivity index (χ0n) is 15.2. The van der Waals surface area contributed by atoms with Gasteiger partial charge in [0.2, 0.25) is 0 Å². The molecule has 1 aliphatic rings. The minimum absolute atomic E-state index is 0. The monoisotopic (exact) mass is 376 g/mol. The Morgan fingerprint density at radius 1 is 1.31 bits per heavy atom. The predicted molar refractivity (Wildman–Crippen MR) is 103 cm³/mol. The number of hydrogen-bond acceptors (Lipinski definition) is 4. The molecule has 0 aromatic carbocycles. The number of hydrogen-bond donors (Lipinski definition) is 1. The molecule has 140 valence electrons. The van der Waals surface area contributed by atoms with E-state index in [2.05, 4.69) is 15.4 Å². The highest BCUT2D eigenvalue weighted by Crippen LogP contribution is 2.22. The maximum absolute atomic E-state index is 12.8. The summed E-state index contributed by atoms with van der Waals surface area (Å²) in [5.41, 5.74) is 2.87. The Hall–Kier alpha value is -2.12. The molecule has 0 atom stereocenters. The van der Waals surface area contributed by atoms with Crippen molar-refractivity contribution in [2.24, 2.45) is 0 Å². The molecule has 0 unspecified atom stereocenters. The number of imidazole rings is 1. The van der Waals surface area contributed by atoms with E-state index in [1.807, 2.05) is 47.3 Å². The first-order valence-corrected chi connectivity index (χ1v) is 8.99. The lowest BCUT2D eigenvalue weighted by Crippen LogP contribution is -2.29. The molecule has 3 aromatic rings.